The average Bonchev–Trinajstić information content (AvgIpc) is 2.32. The summed E-state index contributed by atoms with van der Waals surface area (Å²) in [6.07, 6.45) is 1.73. The van der Waals surface area contributed by atoms with Gasteiger partial charge >= 0.3 is 5.69 Å². The zero-order valence-corrected chi connectivity index (χ0v) is 10.9. The second kappa shape index (κ2) is 5.40. The van der Waals surface area contributed by atoms with Crippen molar-refractivity contribution < 1.29 is 0 Å². The molecule has 1 aromatic heterocycles. The van der Waals surface area contributed by atoms with Crippen LogP contribution >= 0.6 is 0 Å². The first-order valence-electron chi connectivity index (χ1n) is 5.59. The van der Waals surface area contributed by atoms with Gasteiger partial charge in [0.2, 0.25) is 0 Å². The summed E-state index contributed by atoms with van der Waals surface area (Å²) in [6, 6.07) is 0. The van der Waals surface area contributed by atoms with Crippen LogP contribution in [-0.4, -0.2) is 15.7 Å². The minimum Gasteiger partial charge on any atom is -0.377 e. The summed E-state index contributed by atoms with van der Waals surface area (Å²) in [6.45, 7) is 4.57. The van der Waals surface area contributed by atoms with Crippen LogP contribution in [0.1, 0.15) is 13.8 Å². The molecule has 0 aliphatic heterocycles. The molecule has 0 amide bonds. The molecule has 0 aromatic carbocycles. The van der Waals surface area contributed by atoms with Crippen LogP contribution in [0.2, 0.25) is 0 Å². The Hall–Kier alpha value is -2.23. The topological polar surface area (TPSA) is 91.8 Å². The average molecular weight is 251 g/mol. The van der Waals surface area contributed by atoms with Gasteiger partial charge < -0.3 is 5.32 Å². The van der Waals surface area contributed by atoms with Crippen molar-refractivity contribution in [1.29, 1.82) is 5.26 Å². The maximum Gasteiger partial charge on any atom is 0.332 e. The van der Waals surface area contributed by atoms with Crippen molar-refractivity contribution in [2.24, 2.45) is 20.0 Å². The highest BCUT2D eigenvalue weighted by Gasteiger charge is 2.15. The van der Waals surface area contributed by atoms with E-state index in [-0.39, 0.29) is 11.5 Å². The van der Waals surface area contributed by atoms with Crippen molar-refractivity contribution in [1.82, 2.24) is 9.13 Å². The predicted octanol–water partition coefficient (Wildman–Crippen LogP) is 0.0449. The van der Waals surface area contributed by atoms with Crippen molar-refractivity contribution in [3.05, 3.63) is 20.8 Å². The number of hydrogen-bond acceptors (Lipinski definition) is 5. The summed E-state index contributed by atoms with van der Waals surface area (Å²) in [4.78, 5) is 23.7. The maximum absolute atomic E-state index is 12.0. The Labute approximate surface area is 105 Å². The summed E-state index contributed by atoms with van der Waals surface area (Å²) in [5, 5.41) is 14.0. The van der Waals surface area contributed by atoms with E-state index in [1.807, 2.05) is 13.8 Å². The number of anilines is 2. The molecule has 0 unspecified atom stereocenters. The highest BCUT2D eigenvalue weighted by Crippen LogP contribution is 2.13. The molecule has 18 heavy (non-hydrogen) atoms. The SMILES string of the molecule is CC(C)CNc1c(NC#N)n(C)c(=O)n(C)c1=O. The lowest BCUT2D eigenvalue weighted by Gasteiger charge is -2.15. The lowest BCUT2D eigenvalue weighted by atomic mass is 10.2. The fourth-order valence-electron chi connectivity index (χ4n) is 1.51. The second-order valence-electron chi connectivity index (χ2n) is 4.44. The normalized spacial score (nSPS) is 10.2. The molecule has 7 nitrogen and oxygen atoms in total. The maximum atomic E-state index is 12.0. The Kier molecular flexibility index (Phi) is 4.15. The number of nitriles is 1. The molecule has 7 heteroatoms. The molecule has 0 aliphatic rings. The van der Waals surface area contributed by atoms with E-state index in [0.717, 1.165) is 4.57 Å². The Balaban J connectivity index is 3.42. The standard InChI is InChI=1S/C11H17N5O2/c1-7(2)5-13-8-9(14-6-12)15(3)11(18)16(4)10(8)17/h7,13-14H,5H2,1-4H3. The van der Waals surface area contributed by atoms with Crippen molar-refractivity contribution in [3.8, 4) is 6.19 Å². The quantitative estimate of drug-likeness (QED) is 0.582. The Morgan fingerprint density at radius 3 is 2.39 bits per heavy atom. The van der Waals surface area contributed by atoms with Gasteiger partial charge in [-0.25, -0.2) is 4.79 Å². The first-order valence-corrected chi connectivity index (χ1v) is 5.59. The largest absolute Gasteiger partial charge is 0.377 e. The zero-order valence-electron chi connectivity index (χ0n) is 10.9. The monoisotopic (exact) mass is 251 g/mol. The summed E-state index contributed by atoms with van der Waals surface area (Å²) in [7, 11) is 2.91. The first kappa shape index (κ1) is 13.8. The number of nitrogens with zero attached hydrogens (tertiary/aromatic N) is 3. The van der Waals surface area contributed by atoms with E-state index in [9.17, 15) is 9.59 Å². The van der Waals surface area contributed by atoms with Crippen molar-refractivity contribution >= 4 is 11.5 Å². The van der Waals surface area contributed by atoms with Gasteiger partial charge in [0, 0.05) is 20.6 Å². The third-order valence-electron chi connectivity index (χ3n) is 2.53. The van der Waals surface area contributed by atoms with E-state index in [1.54, 1.807) is 6.19 Å². The first-order chi connectivity index (χ1) is 8.40. The van der Waals surface area contributed by atoms with E-state index in [2.05, 4.69) is 10.6 Å². The van der Waals surface area contributed by atoms with Crippen molar-refractivity contribution in [2.45, 2.75) is 13.8 Å². The number of nitrogens with one attached hydrogen (secondary N) is 2. The number of rotatable bonds is 4. The number of hydrogen-bond donors (Lipinski definition) is 2. The minimum absolute atomic E-state index is 0.186. The van der Waals surface area contributed by atoms with E-state index >= 15 is 0 Å². The summed E-state index contributed by atoms with van der Waals surface area (Å²) in [5.74, 6) is 0.521. The fraction of sp³-hybridized carbons (Fsp3) is 0.545. The second-order valence-corrected chi connectivity index (χ2v) is 4.44. The molecule has 0 atom stereocenters. The third-order valence-corrected chi connectivity index (χ3v) is 2.53. The van der Waals surface area contributed by atoms with Gasteiger partial charge in [0.25, 0.3) is 5.56 Å². The van der Waals surface area contributed by atoms with Gasteiger partial charge in [0.15, 0.2) is 12.0 Å². The highest BCUT2D eigenvalue weighted by molar-refractivity contribution is 5.65. The van der Waals surface area contributed by atoms with Gasteiger partial charge in [0.05, 0.1) is 0 Å². The van der Waals surface area contributed by atoms with Crippen molar-refractivity contribution in [3.63, 3.8) is 0 Å². The van der Waals surface area contributed by atoms with Crippen LogP contribution in [-0.2, 0) is 14.1 Å². The molecule has 0 saturated heterocycles. The molecule has 98 valence electrons. The Bertz CT molecular complexity index is 591. The molecule has 0 bridgehead atoms. The highest BCUT2D eigenvalue weighted by atomic mass is 16.2. The van der Waals surface area contributed by atoms with Gasteiger partial charge in [-0.2, -0.15) is 5.26 Å². The molecule has 1 heterocycles. The molecular weight excluding hydrogens is 234 g/mol. The van der Waals surface area contributed by atoms with Crippen LogP contribution in [0, 0.1) is 17.4 Å². The predicted molar refractivity (Wildman–Crippen MR) is 69.5 cm³/mol. The molecule has 0 spiro atoms. The van der Waals surface area contributed by atoms with Gasteiger partial charge in [0.1, 0.15) is 5.69 Å². The molecule has 0 aliphatic carbocycles. The van der Waals surface area contributed by atoms with Gasteiger partial charge in [-0.3, -0.25) is 19.2 Å². The van der Waals surface area contributed by atoms with Crippen LogP contribution in [0.4, 0.5) is 11.5 Å². The van der Waals surface area contributed by atoms with Crippen LogP contribution in [0.25, 0.3) is 0 Å². The summed E-state index contributed by atoms with van der Waals surface area (Å²) >= 11 is 0. The van der Waals surface area contributed by atoms with Gasteiger partial charge in [-0.1, -0.05) is 13.8 Å². The van der Waals surface area contributed by atoms with Crippen LogP contribution in [0.5, 0.6) is 0 Å². The minimum atomic E-state index is -0.479. The van der Waals surface area contributed by atoms with E-state index < -0.39 is 11.2 Å². The molecule has 1 aromatic rings. The van der Waals surface area contributed by atoms with Crippen LogP contribution in [0.15, 0.2) is 9.59 Å². The lowest BCUT2D eigenvalue weighted by molar-refractivity contribution is 0.671. The van der Waals surface area contributed by atoms with Gasteiger partial charge in [-0.05, 0) is 5.92 Å². The molecule has 2 N–H and O–H groups in total. The van der Waals surface area contributed by atoms with E-state index in [0.29, 0.717) is 12.5 Å². The zero-order chi connectivity index (χ0) is 13.9. The van der Waals surface area contributed by atoms with E-state index in [4.69, 9.17) is 5.26 Å². The molecule has 0 radical (unpaired) electrons. The van der Waals surface area contributed by atoms with E-state index in [1.165, 1.54) is 18.7 Å². The third kappa shape index (κ3) is 2.53. The molecule has 0 fully saturated rings. The Morgan fingerprint density at radius 2 is 1.89 bits per heavy atom. The van der Waals surface area contributed by atoms with Crippen LogP contribution < -0.4 is 21.9 Å². The molecular formula is C11H17N5O2. The molecule has 0 saturated carbocycles. The smallest absolute Gasteiger partial charge is 0.332 e. The van der Waals surface area contributed by atoms with Crippen LogP contribution in [0.3, 0.4) is 0 Å². The van der Waals surface area contributed by atoms with Crippen molar-refractivity contribution in [2.75, 3.05) is 17.2 Å². The summed E-state index contributed by atoms with van der Waals surface area (Å²) in [5.41, 5.74) is -0.695. The lowest BCUT2D eigenvalue weighted by Crippen LogP contribution is -2.39. The summed E-state index contributed by atoms with van der Waals surface area (Å²) < 4.78 is 2.23. The van der Waals surface area contributed by atoms with Gasteiger partial charge in [-0.15, -0.1) is 0 Å². The molecule has 1 rings (SSSR count). The fourth-order valence-corrected chi connectivity index (χ4v) is 1.51. The Morgan fingerprint density at radius 1 is 1.28 bits per heavy atom. The number of aromatic nitrogens is 2.